The summed E-state index contributed by atoms with van der Waals surface area (Å²) in [5.41, 5.74) is -0.716. The topological polar surface area (TPSA) is 49.8 Å². The largest absolute Gasteiger partial charge is 0.573 e. The molecule has 1 aliphatic carbocycles. The second kappa shape index (κ2) is 6.78. The van der Waals surface area contributed by atoms with Crippen LogP contribution in [-0.2, 0) is 11.3 Å². The third-order valence-electron chi connectivity index (χ3n) is 4.05. The Labute approximate surface area is 132 Å². The van der Waals surface area contributed by atoms with Crippen molar-refractivity contribution in [1.82, 2.24) is 4.90 Å². The number of benzene rings is 1. The van der Waals surface area contributed by atoms with Crippen LogP contribution in [0, 0.1) is 0 Å². The average Bonchev–Trinajstić information content (AvgIpc) is 2.85. The van der Waals surface area contributed by atoms with Crippen LogP contribution >= 0.6 is 0 Å². The van der Waals surface area contributed by atoms with Crippen molar-refractivity contribution < 1.29 is 27.8 Å². The van der Waals surface area contributed by atoms with Crippen LogP contribution in [0.1, 0.15) is 37.7 Å². The average molecular weight is 331 g/mol. The van der Waals surface area contributed by atoms with Crippen LogP contribution < -0.4 is 4.74 Å². The highest BCUT2D eigenvalue weighted by atomic mass is 19.4. The van der Waals surface area contributed by atoms with Crippen molar-refractivity contribution in [2.45, 2.75) is 50.6 Å². The van der Waals surface area contributed by atoms with E-state index in [0.29, 0.717) is 12.8 Å². The number of hydrogen-bond donors (Lipinski definition) is 1. The Morgan fingerprint density at radius 1 is 1.30 bits per heavy atom. The van der Waals surface area contributed by atoms with Gasteiger partial charge in [0.2, 0.25) is 5.91 Å². The van der Waals surface area contributed by atoms with E-state index in [4.69, 9.17) is 0 Å². The molecule has 1 aromatic carbocycles. The SMILES string of the molecule is CN(Cc1ccccc1OC(F)(F)F)C(=O)CC1(O)CCCC1. The molecule has 1 fully saturated rings. The molecule has 0 atom stereocenters. The fourth-order valence-electron chi connectivity index (χ4n) is 2.83. The van der Waals surface area contributed by atoms with Crippen LogP contribution in [0.15, 0.2) is 24.3 Å². The molecule has 0 saturated heterocycles. The summed E-state index contributed by atoms with van der Waals surface area (Å²) in [6, 6.07) is 5.72. The van der Waals surface area contributed by atoms with Gasteiger partial charge in [0.15, 0.2) is 0 Å². The van der Waals surface area contributed by atoms with Crippen molar-refractivity contribution in [2.75, 3.05) is 7.05 Å². The van der Waals surface area contributed by atoms with Gasteiger partial charge in [-0.1, -0.05) is 31.0 Å². The van der Waals surface area contributed by atoms with E-state index >= 15 is 0 Å². The predicted octanol–water partition coefficient (Wildman–Crippen LogP) is 3.24. The van der Waals surface area contributed by atoms with Crippen LogP contribution in [0.3, 0.4) is 0 Å². The molecule has 2 rings (SSSR count). The molecular weight excluding hydrogens is 311 g/mol. The number of aliphatic hydroxyl groups is 1. The third-order valence-corrected chi connectivity index (χ3v) is 4.05. The Morgan fingerprint density at radius 2 is 1.91 bits per heavy atom. The predicted molar refractivity (Wildman–Crippen MR) is 77.6 cm³/mol. The number of hydrogen-bond acceptors (Lipinski definition) is 3. The summed E-state index contributed by atoms with van der Waals surface area (Å²) < 4.78 is 41.2. The quantitative estimate of drug-likeness (QED) is 0.901. The van der Waals surface area contributed by atoms with Crippen molar-refractivity contribution in [1.29, 1.82) is 0 Å². The number of ether oxygens (including phenoxy) is 1. The number of carbonyl (C=O) groups excluding carboxylic acids is 1. The van der Waals surface area contributed by atoms with Gasteiger partial charge in [-0.15, -0.1) is 13.2 Å². The summed E-state index contributed by atoms with van der Waals surface area (Å²) in [4.78, 5) is 13.5. The molecule has 1 aliphatic rings. The van der Waals surface area contributed by atoms with Crippen molar-refractivity contribution >= 4 is 5.91 Å². The van der Waals surface area contributed by atoms with E-state index < -0.39 is 12.0 Å². The summed E-state index contributed by atoms with van der Waals surface area (Å²) in [6.07, 6.45) is -1.85. The fraction of sp³-hybridized carbons (Fsp3) is 0.562. The van der Waals surface area contributed by atoms with Gasteiger partial charge in [-0.25, -0.2) is 0 Å². The van der Waals surface area contributed by atoms with E-state index in [1.807, 2.05) is 0 Å². The first-order valence-electron chi connectivity index (χ1n) is 7.49. The van der Waals surface area contributed by atoms with Crippen LogP contribution in [0.4, 0.5) is 13.2 Å². The summed E-state index contributed by atoms with van der Waals surface area (Å²) in [7, 11) is 1.50. The molecule has 1 aromatic rings. The summed E-state index contributed by atoms with van der Waals surface area (Å²) in [6.45, 7) is -0.0127. The minimum absolute atomic E-state index is 0.00814. The van der Waals surface area contributed by atoms with Crippen molar-refractivity contribution in [3.05, 3.63) is 29.8 Å². The molecule has 128 valence electrons. The second-order valence-electron chi connectivity index (χ2n) is 6.01. The molecule has 4 nitrogen and oxygen atoms in total. The molecule has 0 aliphatic heterocycles. The number of carbonyl (C=O) groups is 1. The number of halogens is 3. The molecule has 0 aromatic heterocycles. The van der Waals surface area contributed by atoms with E-state index in [-0.39, 0.29) is 30.2 Å². The summed E-state index contributed by atoms with van der Waals surface area (Å²) in [5.74, 6) is -0.615. The zero-order valence-electron chi connectivity index (χ0n) is 12.9. The van der Waals surface area contributed by atoms with Gasteiger partial charge in [0.1, 0.15) is 5.75 Å². The third kappa shape index (κ3) is 5.13. The van der Waals surface area contributed by atoms with Gasteiger partial charge >= 0.3 is 6.36 Å². The smallest absolute Gasteiger partial charge is 0.405 e. The van der Waals surface area contributed by atoms with E-state index in [9.17, 15) is 23.1 Å². The lowest BCUT2D eigenvalue weighted by Crippen LogP contribution is -2.35. The van der Waals surface area contributed by atoms with E-state index in [2.05, 4.69) is 4.74 Å². The van der Waals surface area contributed by atoms with Crippen molar-refractivity contribution in [3.8, 4) is 5.75 Å². The lowest BCUT2D eigenvalue weighted by molar-refractivity contribution is -0.275. The molecule has 1 amide bonds. The fourth-order valence-corrected chi connectivity index (χ4v) is 2.83. The Kier molecular flexibility index (Phi) is 5.19. The second-order valence-corrected chi connectivity index (χ2v) is 6.01. The van der Waals surface area contributed by atoms with Gasteiger partial charge in [0.05, 0.1) is 12.0 Å². The highest BCUT2D eigenvalue weighted by Crippen LogP contribution is 2.33. The maximum Gasteiger partial charge on any atom is 0.573 e. The number of alkyl halides is 3. The first kappa shape index (κ1) is 17.6. The van der Waals surface area contributed by atoms with E-state index in [0.717, 1.165) is 12.8 Å². The monoisotopic (exact) mass is 331 g/mol. The normalized spacial score (nSPS) is 17.1. The van der Waals surface area contributed by atoms with Crippen LogP contribution in [0.5, 0.6) is 5.75 Å². The molecule has 0 spiro atoms. The minimum Gasteiger partial charge on any atom is -0.405 e. The minimum atomic E-state index is -4.78. The molecule has 1 N–H and O–H groups in total. The molecule has 1 saturated carbocycles. The van der Waals surface area contributed by atoms with Crippen LogP contribution in [0.2, 0.25) is 0 Å². The lowest BCUT2D eigenvalue weighted by Gasteiger charge is -2.26. The van der Waals surface area contributed by atoms with Gasteiger partial charge < -0.3 is 14.7 Å². The number of amides is 1. The molecule has 23 heavy (non-hydrogen) atoms. The highest BCUT2D eigenvalue weighted by molar-refractivity contribution is 5.77. The van der Waals surface area contributed by atoms with Gasteiger partial charge in [0.25, 0.3) is 0 Å². The molecule has 0 heterocycles. The Hall–Kier alpha value is -1.76. The van der Waals surface area contributed by atoms with Crippen molar-refractivity contribution in [3.63, 3.8) is 0 Å². The van der Waals surface area contributed by atoms with Crippen LogP contribution in [-0.4, -0.2) is 34.9 Å². The van der Waals surface area contributed by atoms with E-state index in [1.165, 1.54) is 30.1 Å². The lowest BCUT2D eigenvalue weighted by atomic mass is 9.97. The zero-order valence-corrected chi connectivity index (χ0v) is 12.9. The highest BCUT2D eigenvalue weighted by Gasteiger charge is 2.35. The van der Waals surface area contributed by atoms with Gasteiger partial charge in [-0.2, -0.15) is 0 Å². The van der Waals surface area contributed by atoms with Gasteiger partial charge in [-0.3, -0.25) is 4.79 Å². The first-order chi connectivity index (χ1) is 10.7. The number of nitrogens with zero attached hydrogens (tertiary/aromatic N) is 1. The first-order valence-corrected chi connectivity index (χ1v) is 7.49. The Morgan fingerprint density at radius 3 is 2.52 bits per heavy atom. The molecular formula is C16H20F3NO3. The van der Waals surface area contributed by atoms with Crippen LogP contribution in [0.25, 0.3) is 0 Å². The summed E-state index contributed by atoms with van der Waals surface area (Å²) >= 11 is 0. The Bertz CT molecular complexity index is 554. The summed E-state index contributed by atoms with van der Waals surface area (Å²) in [5, 5.41) is 10.3. The van der Waals surface area contributed by atoms with Gasteiger partial charge in [-0.05, 0) is 18.9 Å². The standard InChI is InChI=1S/C16H20F3NO3/c1-20(14(21)10-15(22)8-4-5-9-15)11-12-6-2-3-7-13(12)23-16(17,18)19/h2-3,6-7,22H,4-5,8-11H2,1H3. The molecule has 0 radical (unpaired) electrons. The van der Waals surface area contributed by atoms with Crippen molar-refractivity contribution in [2.24, 2.45) is 0 Å². The number of para-hydroxylation sites is 1. The zero-order chi connectivity index (χ0) is 17.1. The van der Waals surface area contributed by atoms with E-state index in [1.54, 1.807) is 6.07 Å². The number of rotatable bonds is 5. The maximum atomic E-state index is 12.4. The molecule has 0 unspecified atom stereocenters. The molecule has 0 bridgehead atoms. The molecule has 7 heteroatoms. The van der Waals surface area contributed by atoms with Gasteiger partial charge in [0, 0.05) is 19.2 Å². The Balaban J connectivity index is 2.02. The maximum absolute atomic E-state index is 12.4.